The Labute approximate surface area is 157 Å². The molecule has 0 atom stereocenters. The van der Waals surface area contributed by atoms with Gasteiger partial charge in [-0.1, -0.05) is 60.2 Å². The summed E-state index contributed by atoms with van der Waals surface area (Å²) in [6, 6.07) is 17.5. The number of aromatic nitrogens is 2. The number of aryl methyl sites for hydroxylation is 1. The first kappa shape index (κ1) is 18.4. The fraction of sp³-hybridized carbons (Fsp3) is 0.190. The SMILES string of the molecule is COC(=O)COC(=O)c1cn(Cc2ccccc2)nc1-c1ccc(C)cc1. The maximum absolute atomic E-state index is 12.5. The van der Waals surface area contributed by atoms with Gasteiger partial charge in [-0.15, -0.1) is 0 Å². The van der Waals surface area contributed by atoms with E-state index < -0.39 is 18.5 Å². The fourth-order valence-electron chi connectivity index (χ4n) is 2.61. The molecule has 0 radical (unpaired) electrons. The minimum absolute atomic E-state index is 0.304. The molecule has 0 bridgehead atoms. The third-order valence-electron chi connectivity index (χ3n) is 4.04. The topological polar surface area (TPSA) is 70.4 Å². The van der Waals surface area contributed by atoms with Crippen LogP contribution in [0.5, 0.6) is 0 Å². The molecule has 6 heteroatoms. The van der Waals surface area contributed by atoms with E-state index in [0.29, 0.717) is 17.8 Å². The molecule has 0 saturated heterocycles. The molecule has 0 amide bonds. The standard InChI is InChI=1S/C21H20N2O4/c1-15-8-10-17(11-9-15)20-18(21(25)27-14-19(24)26-2)13-23(22-20)12-16-6-4-3-5-7-16/h3-11,13H,12,14H2,1-2H3. The second-order valence-corrected chi connectivity index (χ2v) is 6.09. The lowest BCUT2D eigenvalue weighted by Crippen LogP contribution is -2.15. The molecular weight excluding hydrogens is 344 g/mol. The predicted octanol–water partition coefficient (Wildman–Crippen LogP) is 3.24. The van der Waals surface area contributed by atoms with Crippen molar-refractivity contribution in [3.8, 4) is 11.3 Å². The van der Waals surface area contributed by atoms with Gasteiger partial charge in [0.05, 0.1) is 13.7 Å². The summed E-state index contributed by atoms with van der Waals surface area (Å²) in [7, 11) is 1.24. The summed E-state index contributed by atoms with van der Waals surface area (Å²) < 4.78 is 11.3. The van der Waals surface area contributed by atoms with Crippen molar-refractivity contribution in [2.45, 2.75) is 13.5 Å². The average Bonchev–Trinajstić information content (AvgIpc) is 3.11. The minimum Gasteiger partial charge on any atom is -0.466 e. The second kappa shape index (κ2) is 8.31. The monoisotopic (exact) mass is 364 g/mol. The molecule has 0 unspecified atom stereocenters. The zero-order chi connectivity index (χ0) is 19.2. The Morgan fingerprint density at radius 3 is 2.41 bits per heavy atom. The van der Waals surface area contributed by atoms with Crippen molar-refractivity contribution in [2.75, 3.05) is 13.7 Å². The van der Waals surface area contributed by atoms with E-state index in [1.54, 1.807) is 10.9 Å². The number of methoxy groups -OCH3 is 1. The van der Waals surface area contributed by atoms with E-state index >= 15 is 0 Å². The highest BCUT2D eigenvalue weighted by Crippen LogP contribution is 2.24. The van der Waals surface area contributed by atoms with Gasteiger partial charge in [0, 0.05) is 11.8 Å². The average molecular weight is 364 g/mol. The van der Waals surface area contributed by atoms with Crippen molar-refractivity contribution < 1.29 is 19.1 Å². The van der Waals surface area contributed by atoms with Gasteiger partial charge < -0.3 is 9.47 Å². The Balaban J connectivity index is 1.92. The molecule has 3 rings (SSSR count). The van der Waals surface area contributed by atoms with Gasteiger partial charge >= 0.3 is 11.9 Å². The number of carbonyl (C=O) groups is 2. The van der Waals surface area contributed by atoms with Crippen molar-refractivity contribution in [3.63, 3.8) is 0 Å². The van der Waals surface area contributed by atoms with E-state index in [-0.39, 0.29) is 0 Å². The lowest BCUT2D eigenvalue weighted by molar-refractivity contribution is -0.144. The third-order valence-corrected chi connectivity index (χ3v) is 4.04. The summed E-state index contributed by atoms with van der Waals surface area (Å²) in [5.41, 5.74) is 3.79. The number of ether oxygens (including phenoxy) is 2. The molecule has 3 aromatic rings. The van der Waals surface area contributed by atoms with Crippen molar-refractivity contribution in [1.82, 2.24) is 9.78 Å². The van der Waals surface area contributed by atoms with Crippen molar-refractivity contribution >= 4 is 11.9 Å². The Morgan fingerprint density at radius 2 is 1.74 bits per heavy atom. The van der Waals surface area contributed by atoms with Crippen LogP contribution < -0.4 is 0 Å². The molecule has 0 aliphatic heterocycles. The van der Waals surface area contributed by atoms with E-state index in [2.05, 4.69) is 9.84 Å². The molecule has 0 aliphatic carbocycles. The summed E-state index contributed by atoms with van der Waals surface area (Å²) in [6.07, 6.45) is 1.64. The van der Waals surface area contributed by atoms with Crippen LogP contribution in [0.2, 0.25) is 0 Å². The Morgan fingerprint density at radius 1 is 1.04 bits per heavy atom. The van der Waals surface area contributed by atoms with Crippen LogP contribution in [0.3, 0.4) is 0 Å². The van der Waals surface area contributed by atoms with Crippen LogP contribution in [0.25, 0.3) is 11.3 Å². The van der Waals surface area contributed by atoms with Gasteiger partial charge in [0.25, 0.3) is 0 Å². The van der Waals surface area contributed by atoms with Crippen molar-refractivity contribution in [2.24, 2.45) is 0 Å². The van der Waals surface area contributed by atoms with E-state index in [1.165, 1.54) is 7.11 Å². The van der Waals surface area contributed by atoms with Crippen LogP contribution in [-0.4, -0.2) is 35.4 Å². The summed E-state index contributed by atoms with van der Waals surface area (Å²) in [5.74, 6) is -1.23. The zero-order valence-electron chi connectivity index (χ0n) is 15.2. The lowest BCUT2D eigenvalue weighted by Gasteiger charge is -2.04. The largest absolute Gasteiger partial charge is 0.466 e. The number of hydrogen-bond donors (Lipinski definition) is 0. The predicted molar refractivity (Wildman–Crippen MR) is 100 cm³/mol. The van der Waals surface area contributed by atoms with Gasteiger partial charge in [0.15, 0.2) is 6.61 Å². The second-order valence-electron chi connectivity index (χ2n) is 6.09. The molecule has 0 N–H and O–H groups in total. The molecule has 0 fully saturated rings. The van der Waals surface area contributed by atoms with Crippen LogP contribution in [0.15, 0.2) is 60.8 Å². The molecule has 27 heavy (non-hydrogen) atoms. The number of nitrogens with zero attached hydrogens (tertiary/aromatic N) is 2. The van der Waals surface area contributed by atoms with Gasteiger partial charge in [-0.05, 0) is 12.5 Å². The van der Waals surface area contributed by atoms with E-state index in [9.17, 15) is 9.59 Å². The fourth-order valence-corrected chi connectivity index (χ4v) is 2.61. The Bertz CT molecular complexity index is 931. The normalized spacial score (nSPS) is 10.4. The Kier molecular flexibility index (Phi) is 5.66. The maximum Gasteiger partial charge on any atom is 0.344 e. The van der Waals surface area contributed by atoms with E-state index in [1.807, 2.05) is 61.5 Å². The quantitative estimate of drug-likeness (QED) is 0.628. The number of rotatable bonds is 6. The molecule has 0 aliphatic rings. The van der Waals surface area contributed by atoms with E-state index in [4.69, 9.17) is 4.74 Å². The van der Waals surface area contributed by atoms with Crippen molar-refractivity contribution in [1.29, 1.82) is 0 Å². The molecule has 6 nitrogen and oxygen atoms in total. The van der Waals surface area contributed by atoms with Crippen LogP contribution in [-0.2, 0) is 20.8 Å². The molecule has 2 aromatic carbocycles. The van der Waals surface area contributed by atoms with Gasteiger partial charge in [0.1, 0.15) is 11.3 Å². The van der Waals surface area contributed by atoms with Gasteiger partial charge in [0.2, 0.25) is 0 Å². The smallest absolute Gasteiger partial charge is 0.344 e. The minimum atomic E-state index is -0.615. The van der Waals surface area contributed by atoms with Crippen LogP contribution in [0.1, 0.15) is 21.5 Å². The van der Waals surface area contributed by atoms with E-state index in [0.717, 1.165) is 16.7 Å². The summed E-state index contributed by atoms with van der Waals surface area (Å²) in [6.45, 7) is 2.07. The summed E-state index contributed by atoms with van der Waals surface area (Å²) in [5, 5.41) is 4.57. The van der Waals surface area contributed by atoms with Crippen LogP contribution >= 0.6 is 0 Å². The molecule has 138 valence electrons. The third kappa shape index (κ3) is 4.61. The van der Waals surface area contributed by atoms with Crippen LogP contribution in [0, 0.1) is 6.92 Å². The Hall–Kier alpha value is -3.41. The van der Waals surface area contributed by atoms with Gasteiger partial charge in [-0.3, -0.25) is 4.68 Å². The highest BCUT2D eigenvalue weighted by Gasteiger charge is 2.20. The molecule has 0 spiro atoms. The maximum atomic E-state index is 12.5. The first-order chi connectivity index (χ1) is 13.1. The van der Waals surface area contributed by atoms with Gasteiger partial charge in [-0.2, -0.15) is 5.10 Å². The number of carbonyl (C=O) groups excluding carboxylic acids is 2. The molecular formula is C21H20N2O4. The first-order valence-electron chi connectivity index (χ1n) is 8.49. The summed E-state index contributed by atoms with van der Waals surface area (Å²) >= 11 is 0. The lowest BCUT2D eigenvalue weighted by atomic mass is 10.1. The molecule has 0 saturated carbocycles. The van der Waals surface area contributed by atoms with Crippen molar-refractivity contribution in [3.05, 3.63) is 77.5 Å². The molecule has 1 aromatic heterocycles. The highest BCUT2D eigenvalue weighted by molar-refractivity contribution is 5.96. The summed E-state index contributed by atoms with van der Waals surface area (Å²) in [4.78, 5) is 23.8. The van der Waals surface area contributed by atoms with Gasteiger partial charge in [-0.25, -0.2) is 9.59 Å². The first-order valence-corrected chi connectivity index (χ1v) is 8.49. The highest BCUT2D eigenvalue weighted by atomic mass is 16.6. The number of hydrogen-bond acceptors (Lipinski definition) is 5. The van der Waals surface area contributed by atoms with Crippen LogP contribution in [0.4, 0.5) is 0 Å². The number of benzene rings is 2. The molecule has 1 heterocycles. The zero-order valence-corrected chi connectivity index (χ0v) is 15.2. The number of esters is 2.